The molecule has 5 nitrogen and oxygen atoms in total. The molecular formula is C14H21NO4. The Balaban J connectivity index is 3.19. The van der Waals surface area contributed by atoms with Gasteiger partial charge in [-0.05, 0) is 6.07 Å². The van der Waals surface area contributed by atoms with Gasteiger partial charge in [-0.1, -0.05) is 13.0 Å². The van der Waals surface area contributed by atoms with Gasteiger partial charge in [0.05, 0.1) is 27.8 Å². The minimum atomic E-state index is -0.537. The number of benzene rings is 1. The van der Waals surface area contributed by atoms with Crippen molar-refractivity contribution in [3.63, 3.8) is 0 Å². The Morgan fingerprint density at radius 1 is 1.26 bits per heavy atom. The van der Waals surface area contributed by atoms with Gasteiger partial charge in [0, 0.05) is 23.6 Å². The van der Waals surface area contributed by atoms with Gasteiger partial charge < -0.3 is 19.9 Å². The van der Waals surface area contributed by atoms with Crippen molar-refractivity contribution in [2.24, 2.45) is 5.73 Å². The van der Waals surface area contributed by atoms with E-state index in [9.17, 15) is 4.79 Å². The number of hydrogen-bond acceptors (Lipinski definition) is 5. The van der Waals surface area contributed by atoms with Gasteiger partial charge in [-0.3, -0.25) is 4.79 Å². The average molecular weight is 267 g/mol. The van der Waals surface area contributed by atoms with Crippen LogP contribution in [0.2, 0.25) is 0 Å². The Bertz CT molecular complexity index is 447. The normalized spacial score (nSPS) is 13.5. The van der Waals surface area contributed by atoms with Crippen molar-refractivity contribution in [1.82, 2.24) is 0 Å². The summed E-state index contributed by atoms with van der Waals surface area (Å²) in [5.41, 5.74) is 6.17. The highest BCUT2D eigenvalue weighted by Gasteiger charge is 2.31. The van der Waals surface area contributed by atoms with E-state index in [-0.39, 0.29) is 12.4 Å². The van der Waals surface area contributed by atoms with Gasteiger partial charge in [0.15, 0.2) is 0 Å². The van der Waals surface area contributed by atoms with Crippen LogP contribution in [0.1, 0.15) is 18.9 Å². The molecule has 106 valence electrons. The highest BCUT2D eigenvalue weighted by atomic mass is 16.5. The van der Waals surface area contributed by atoms with Crippen LogP contribution in [-0.4, -0.2) is 33.8 Å². The Morgan fingerprint density at radius 2 is 1.95 bits per heavy atom. The summed E-state index contributed by atoms with van der Waals surface area (Å²) in [4.78, 5) is 11.5. The topological polar surface area (TPSA) is 70.8 Å². The molecule has 0 heterocycles. The van der Waals surface area contributed by atoms with Crippen LogP contribution in [0.5, 0.6) is 11.5 Å². The van der Waals surface area contributed by atoms with E-state index in [1.165, 1.54) is 7.11 Å². The smallest absolute Gasteiger partial charge is 0.306 e. The molecule has 0 amide bonds. The van der Waals surface area contributed by atoms with Crippen LogP contribution in [0.15, 0.2) is 18.2 Å². The molecular weight excluding hydrogens is 246 g/mol. The van der Waals surface area contributed by atoms with Crippen LogP contribution in [0.25, 0.3) is 0 Å². The number of esters is 1. The van der Waals surface area contributed by atoms with Crippen LogP contribution in [0.4, 0.5) is 0 Å². The summed E-state index contributed by atoms with van der Waals surface area (Å²) >= 11 is 0. The molecule has 1 rings (SSSR count). The fourth-order valence-electron chi connectivity index (χ4n) is 1.97. The SMILES string of the molecule is COC(=O)CC(C)(CN)c1ccc(OC)cc1OC. The molecule has 0 aromatic heterocycles. The van der Waals surface area contributed by atoms with Crippen LogP contribution in [0.3, 0.4) is 0 Å². The molecule has 0 spiro atoms. The van der Waals surface area contributed by atoms with Gasteiger partial charge in [0.25, 0.3) is 0 Å². The predicted octanol–water partition coefficient (Wildman–Crippen LogP) is 1.48. The van der Waals surface area contributed by atoms with Crippen LogP contribution >= 0.6 is 0 Å². The monoisotopic (exact) mass is 267 g/mol. The van der Waals surface area contributed by atoms with Crippen molar-refractivity contribution >= 4 is 5.97 Å². The molecule has 0 fully saturated rings. The predicted molar refractivity (Wildman–Crippen MR) is 72.6 cm³/mol. The van der Waals surface area contributed by atoms with Gasteiger partial charge in [-0.2, -0.15) is 0 Å². The summed E-state index contributed by atoms with van der Waals surface area (Å²) in [5.74, 6) is 1.04. The first-order valence-electron chi connectivity index (χ1n) is 6.00. The molecule has 0 aliphatic heterocycles. The Hall–Kier alpha value is -1.75. The molecule has 0 aliphatic rings. The Labute approximate surface area is 113 Å². The molecule has 1 atom stereocenters. The van der Waals surface area contributed by atoms with E-state index >= 15 is 0 Å². The largest absolute Gasteiger partial charge is 0.497 e. The van der Waals surface area contributed by atoms with Gasteiger partial charge in [-0.15, -0.1) is 0 Å². The fraction of sp³-hybridized carbons (Fsp3) is 0.500. The summed E-state index contributed by atoms with van der Waals surface area (Å²) in [6.45, 7) is 2.22. The molecule has 2 N–H and O–H groups in total. The molecule has 5 heteroatoms. The molecule has 1 aromatic carbocycles. The zero-order valence-corrected chi connectivity index (χ0v) is 11.9. The van der Waals surface area contributed by atoms with Crippen molar-refractivity contribution in [1.29, 1.82) is 0 Å². The number of carbonyl (C=O) groups excluding carboxylic acids is 1. The minimum absolute atomic E-state index is 0.197. The lowest BCUT2D eigenvalue weighted by atomic mass is 9.79. The van der Waals surface area contributed by atoms with E-state index in [2.05, 4.69) is 0 Å². The molecule has 0 saturated heterocycles. The molecule has 0 saturated carbocycles. The number of carbonyl (C=O) groups is 1. The zero-order valence-electron chi connectivity index (χ0n) is 11.9. The fourth-order valence-corrected chi connectivity index (χ4v) is 1.97. The molecule has 0 bridgehead atoms. The zero-order chi connectivity index (χ0) is 14.5. The quantitative estimate of drug-likeness (QED) is 0.791. The van der Waals surface area contributed by atoms with Crippen LogP contribution in [0, 0.1) is 0 Å². The number of ether oxygens (including phenoxy) is 3. The van der Waals surface area contributed by atoms with E-state index in [0.717, 1.165) is 5.56 Å². The summed E-state index contributed by atoms with van der Waals surface area (Å²) < 4.78 is 15.2. The lowest BCUT2D eigenvalue weighted by molar-refractivity contribution is -0.141. The third kappa shape index (κ3) is 3.38. The van der Waals surface area contributed by atoms with Gasteiger partial charge in [-0.25, -0.2) is 0 Å². The molecule has 0 radical (unpaired) electrons. The summed E-state index contributed by atoms with van der Waals surface area (Å²) in [7, 11) is 4.53. The molecule has 0 aliphatic carbocycles. The molecule has 1 aromatic rings. The van der Waals surface area contributed by atoms with E-state index in [4.69, 9.17) is 19.9 Å². The third-order valence-corrected chi connectivity index (χ3v) is 3.27. The third-order valence-electron chi connectivity index (χ3n) is 3.27. The van der Waals surface area contributed by atoms with Crippen LogP contribution in [-0.2, 0) is 14.9 Å². The van der Waals surface area contributed by atoms with Gasteiger partial charge >= 0.3 is 5.97 Å². The summed E-state index contributed by atoms with van der Waals surface area (Å²) in [6, 6.07) is 5.47. The second kappa shape index (κ2) is 6.43. The highest BCUT2D eigenvalue weighted by Crippen LogP contribution is 2.36. The van der Waals surface area contributed by atoms with Gasteiger partial charge in [0.1, 0.15) is 11.5 Å². The number of rotatable bonds is 6. The first-order chi connectivity index (χ1) is 9.00. The lowest BCUT2D eigenvalue weighted by Gasteiger charge is -2.29. The van der Waals surface area contributed by atoms with Crippen molar-refractivity contribution in [2.45, 2.75) is 18.8 Å². The van der Waals surface area contributed by atoms with Crippen molar-refractivity contribution in [3.05, 3.63) is 23.8 Å². The summed E-state index contributed by atoms with van der Waals surface area (Å²) in [5, 5.41) is 0. The van der Waals surface area contributed by atoms with E-state index in [1.54, 1.807) is 20.3 Å². The highest BCUT2D eigenvalue weighted by molar-refractivity contribution is 5.71. The van der Waals surface area contributed by atoms with Crippen LogP contribution < -0.4 is 15.2 Å². The lowest BCUT2D eigenvalue weighted by Crippen LogP contribution is -2.35. The van der Waals surface area contributed by atoms with E-state index in [0.29, 0.717) is 18.0 Å². The molecule has 19 heavy (non-hydrogen) atoms. The second-order valence-electron chi connectivity index (χ2n) is 4.58. The van der Waals surface area contributed by atoms with Crippen molar-refractivity contribution in [3.8, 4) is 11.5 Å². The Morgan fingerprint density at radius 3 is 2.42 bits per heavy atom. The maximum absolute atomic E-state index is 11.5. The maximum Gasteiger partial charge on any atom is 0.306 e. The Kier molecular flexibility index (Phi) is 5.18. The van der Waals surface area contributed by atoms with Crippen molar-refractivity contribution < 1.29 is 19.0 Å². The maximum atomic E-state index is 11.5. The standard InChI is InChI=1S/C14H21NO4/c1-14(9-15,8-13(16)19-4)11-6-5-10(17-2)7-12(11)18-3/h5-7H,8-9,15H2,1-4H3. The number of hydrogen-bond donors (Lipinski definition) is 1. The first-order valence-corrected chi connectivity index (χ1v) is 6.00. The number of nitrogens with two attached hydrogens (primary N) is 1. The number of methoxy groups -OCH3 is 3. The van der Waals surface area contributed by atoms with Gasteiger partial charge in [0.2, 0.25) is 0 Å². The average Bonchev–Trinajstić information content (AvgIpc) is 2.45. The summed E-state index contributed by atoms with van der Waals surface area (Å²) in [6.07, 6.45) is 0.197. The van der Waals surface area contributed by atoms with E-state index in [1.807, 2.05) is 19.1 Å². The second-order valence-corrected chi connectivity index (χ2v) is 4.58. The van der Waals surface area contributed by atoms with E-state index < -0.39 is 5.41 Å². The minimum Gasteiger partial charge on any atom is -0.497 e. The molecule has 1 unspecified atom stereocenters. The van der Waals surface area contributed by atoms with Crippen molar-refractivity contribution in [2.75, 3.05) is 27.9 Å². The first kappa shape index (κ1) is 15.3.